The highest BCUT2D eigenvalue weighted by molar-refractivity contribution is 6.00. The normalized spacial score (nSPS) is 10.6. The summed E-state index contributed by atoms with van der Waals surface area (Å²) in [6.45, 7) is 10.9. The van der Waals surface area contributed by atoms with Crippen LogP contribution in [0.3, 0.4) is 0 Å². The van der Waals surface area contributed by atoms with Gasteiger partial charge < -0.3 is 24.1 Å². The van der Waals surface area contributed by atoms with Crippen LogP contribution in [0.4, 0.5) is 0 Å². The number of aryl methyl sites for hydroxylation is 1. The number of esters is 1. The Morgan fingerprint density at radius 2 is 1.79 bits per heavy atom. The number of hydrogen-bond acceptors (Lipinski definition) is 5. The number of aromatic amines is 1. The number of benzene rings is 1. The van der Waals surface area contributed by atoms with E-state index >= 15 is 0 Å². The van der Waals surface area contributed by atoms with Crippen molar-refractivity contribution in [2.24, 2.45) is 0 Å². The molecule has 7 heteroatoms. The van der Waals surface area contributed by atoms with Crippen molar-refractivity contribution in [1.29, 1.82) is 0 Å². The molecule has 0 aliphatic heterocycles. The predicted molar refractivity (Wildman–Crippen MR) is 111 cm³/mol. The predicted octanol–water partition coefficient (Wildman–Crippen LogP) is 3.88. The van der Waals surface area contributed by atoms with Gasteiger partial charge in [-0.05, 0) is 57.9 Å². The first-order valence-corrected chi connectivity index (χ1v) is 9.83. The zero-order valence-corrected chi connectivity index (χ0v) is 18.0. The summed E-state index contributed by atoms with van der Waals surface area (Å²) in [5, 5.41) is 0. The molecule has 1 heterocycles. The van der Waals surface area contributed by atoms with E-state index in [-0.39, 0.29) is 12.5 Å². The second kappa shape index (κ2) is 10.0. The fourth-order valence-electron chi connectivity index (χ4n) is 3.26. The molecule has 1 N–H and O–H groups in total. The fraction of sp³-hybridized carbons (Fsp3) is 0.455. The van der Waals surface area contributed by atoms with E-state index in [2.05, 4.69) is 4.98 Å². The van der Waals surface area contributed by atoms with Gasteiger partial charge in [0.2, 0.25) is 0 Å². The minimum Gasteiger partial charge on any atom is -0.493 e. The average Bonchev–Trinajstić information content (AvgIpc) is 3.01. The number of amides is 1. The molecule has 0 saturated heterocycles. The molecule has 1 aromatic carbocycles. The molecule has 0 aliphatic rings. The number of carbonyl (C=O) groups excluding carboxylic acids is 2. The first kappa shape index (κ1) is 22.3. The van der Waals surface area contributed by atoms with E-state index in [4.69, 9.17) is 14.2 Å². The summed E-state index contributed by atoms with van der Waals surface area (Å²) in [6.07, 6.45) is 0. The molecule has 2 rings (SSSR count). The number of H-pyrrole nitrogens is 1. The van der Waals surface area contributed by atoms with Gasteiger partial charge in [0.05, 0.1) is 25.9 Å². The SMILES string of the molecule is CCOC(=O)c1c(C)[nH]c(C(=O)N(CC)Cc2ccc(OCC)c(OC)c2)c1C. The maximum Gasteiger partial charge on any atom is 0.340 e. The first-order chi connectivity index (χ1) is 13.9. The van der Waals surface area contributed by atoms with Crippen LogP contribution in [0.15, 0.2) is 18.2 Å². The van der Waals surface area contributed by atoms with E-state index in [0.717, 1.165) is 5.56 Å². The first-order valence-electron chi connectivity index (χ1n) is 9.83. The van der Waals surface area contributed by atoms with E-state index < -0.39 is 5.97 Å². The van der Waals surface area contributed by atoms with Crippen molar-refractivity contribution in [2.75, 3.05) is 26.9 Å². The highest BCUT2D eigenvalue weighted by Gasteiger charge is 2.25. The zero-order valence-electron chi connectivity index (χ0n) is 18.0. The van der Waals surface area contributed by atoms with Gasteiger partial charge in [-0.1, -0.05) is 6.07 Å². The molecule has 2 aromatic rings. The lowest BCUT2D eigenvalue weighted by Crippen LogP contribution is -2.31. The number of nitrogens with one attached hydrogen (secondary N) is 1. The summed E-state index contributed by atoms with van der Waals surface area (Å²) >= 11 is 0. The topological polar surface area (TPSA) is 80.9 Å². The second-order valence-corrected chi connectivity index (χ2v) is 6.58. The Kier molecular flexibility index (Phi) is 7.70. The summed E-state index contributed by atoms with van der Waals surface area (Å²) < 4.78 is 16.1. The Bertz CT molecular complexity index is 872. The quantitative estimate of drug-likeness (QED) is 0.644. The van der Waals surface area contributed by atoms with Crippen molar-refractivity contribution in [1.82, 2.24) is 9.88 Å². The van der Waals surface area contributed by atoms with Crippen LogP contribution < -0.4 is 9.47 Å². The van der Waals surface area contributed by atoms with E-state index in [9.17, 15) is 9.59 Å². The number of rotatable bonds is 9. The van der Waals surface area contributed by atoms with Gasteiger partial charge >= 0.3 is 5.97 Å². The summed E-state index contributed by atoms with van der Waals surface area (Å²) in [7, 11) is 1.59. The molecule has 0 bridgehead atoms. The lowest BCUT2D eigenvalue weighted by molar-refractivity contribution is 0.0525. The van der Waals surface area contributed by atoms with Crippen molar-refractivity contribution in [3.63, 3.8) is 0 Å². The maximum atomic E-state index is 13.2. The Balaban J connectivity index is 2.28. The van der Waals surface area contributed by atoms with Gasteiger partial charge in [0, 0.05) is 18.8 Å². The van der Waals surface area contributed by atoms with Gasteiger partial charge in [-0.25, -0.2) is 4.79 Å². The Labute approximate surface area is 172 Å². The van der Waals surface area contributed by atoms with Crippen LogP contribution >= 0.6 is 0 Å². The molecule has 0 spiro atoms. The molecule has 0 atom stereocenters. The summed E-state index contributed by atoms with van der Waals surface area (Å²) in [5.41, 5.74) is 2.99. The van der Waals surface area contributed by atoms with Gasteiger partial charge in [-0.2, -0.15) is 0 Å². The van der Waals surface area contributed by atoms with Crippen molar-refractivity contribution in [2.45, 2.75) is 41.2 Å². The van der Waals surface area contributed by atoms with Crippen LogP contribution in [0, 0.1) is 13.8 Å². The molecule has 29 heavy (non-hydrogen) atoms. The second-order valence-electron chi connectivity index (χ2n) is 6.58. The number of hydrogen-bond donors (Lipinski definition) is 1. The van der Waals surface area contributed by atoms with Crippen LogP contribution in [-0.4, -0.2) is 48.6 Å². The molecule has 0 aliphatic carbocycles. The van der Waals surface area contributed by atoms with Gasteiger partial charge in [-0.15, -0.1) is 0 Å². The Hall–Kier alpha value is -2.96. The van der Waals surface area contributed by atoms with E-state index in [1.54, 1.807) is 32.8 Å². The molecule has 1 amide bonds. The lowest BCUT2D eigenvalue weighted by Gasteiger charge is -2.21. The minimum absolute atomic E-state index is 0.170. The number of carbonyl (C=O) groups is 2. The average molecular weight is 402 g/mol. The zero-order chi connectivity index (χ0) is 21.6. The van der Waals surface area contributed by atoms with Crippen LogP contribution in [0.5, 0.6) is 11.5 Å². The molecule has 0 radical (unpaired) electrons. The number of ether oxygens (including phenoxy) is 3. The molecular weight excluding hydrogens is 372 g/mol. The number of aromatic nitrogens is 1. The van der Waals surface area contributed by atoms with Crippen LogP contribution in [0.1, 0.15) is 58.4 Å². The van der Waals surface area contributed by atoms with Crippen molar-refractivity contribution in [3.05, 3.63) is 46.3 Å². The smallest absolute Gasteiger partial charge is 0.340 e. The maximum absolute atomic E-state index is 13.2. The van der Waals surface area contributed by atoms with Crippen LogP contribution in [0.25, 0.3) is 0 Å². The van der Waals surface area contributed by atoms with Crippen molar-refractivity contribution < 1.29 is 23.8 Å². The number of nitrogens with zero attached hydrogens (tertiary/aromatic N) is 1. The molecule has 0 saturated carbocycles. The highest BCUT2D eigenvalue weighted by Crippen LogP contribution is 2.29. The monoisotopic (exact) mass is 402 g/mol. The standard InChI is InChI=1S/C22H30N2O5/c1-7-24(13-16-10-11-17(28-8-2)18(12-16)27-6)21(25)20-14(4)19(15(5)23-20)22(26)29-9-3/h10-12,23H,7-9,13H2,1-6H3. The molecule has 7 nitrogen and oxygen atoms in total. The molecular formula is C22H30N2O5. The fourth-order valence-corrected chi connectivity index (χ4v) is 3.26. The van der Waals surface area contributed by atoms with Gasteiger partial charge in [0.1, 0.15) is 5.69 Å². The number of methoxy groups -OCH3 is 1. The molecule has 1 aromatic heterocycles. The largest absolute Gasteiger partial charge is 0.493 e. The van der Waals surface area contributed by atoms with Crippen molar-refractivity contribution in [3.8, 4) is 11.5 Å². The van der Waals surface area contributed by atoms with Crippen LogP contribution in [-0.2, 0) is 11.3 Å². The molecule has 0 fully saturated rings. The van der Waals surface area contributed by atoms with Gasteiger partial charge in [0.15, 0.2) is 11.5 Å². The van der Waals surface area contributed by atoms with Gasteiger partial charge in [-0.3, -0.25) is 4.79 Å². The lowest BCUT2D eigenvalue weighted by atomic mass is 10.1. The third kappa shape index (κ3) is 4.91. The Morgan fingerprint density at radius 1 is 1.07 bits per heavy atom. The summed E-state index contributed by atoms with van der Waals surface area (Å²) in [5.74, 6) is 0.709. The minimum atomic E-state index is -0.419. The van der Waals surface area contributed by atoms with E-state index in [1.165, 1.54) is 0 Å². The molecule has 158 valence electrons. The van der Waals surface area contributed by atoms with E-state index in [0.29, 0.717) is 53.7 Å². The summed E-state index contributed by atoms with van der Waals surface area (Å²) in [6, 6.07) is 5.64. The summed E-state index contributed by atoms with van der Waals surface area (Å²) in [4.78, 5) is 30.1. The Morgan fingerprint density at radius 3 is 2.38 bits per heavy atom. The van der Waals surface area contributed by atoms with Gasteiger partial charge in [0.25, 0.3) is 5.91 Å². The van der Waals surface area contributed by atoms with E-state index in [1.807, 2.05) is 32.0 Å². The molecule has 0 unspecified atom stereocenters. The van der Waals surface area contributed by atoms with Crippen molar-refractivity contribution >= 4 is 11.9 Å². The highest BCUT2D eigenvalue weighted by atomic mass is 16.5. The van der Waals surface area contributed by atoms with Crippen LogP contribution in [0.2, 0.25) is 0 Å². The third-order valence-corrected chi connectivity index (χ3v) is 4.70. The third-order valence-electron chi connectivity index (χ3n) is 4.70.